The number of cyclic esters (lactones) is 1. The number of amides is 2. The minimum absolute atomic E-state index is 0.133. The lowest BCUT2D eigenvalue weighted by Crippen LogP contribution is -2.39. The van der Waals surface area contributed by atoms with E-state index >= 15 is 0 Å². The van der Waals surface area contributed by atoms with Gasteiger partial charge in [0.1, 0.15) is 36.6 Å². The largest absolute Gasteiger partial charge is 0.491 e. The lowest BCUT2D eigenvalue weighted by Gasteiger charge is -2.19. The molecule has 2 aliphatic heterocycles. The van der Waals surface area contributed by atoms with Crippen LogP contribution in [-0.4, -0.2) is 53.3 Å². The van der Waals surface area contributed by atoms with E-state index in [-0.39, 0.29) is 12.4 Å². The Kier molecular flexibility index (Phi) is 4.96. The maximum absolute atomic E-state index is 13.4. The zero-order valence-electron chi connectivity index (χ0n) is 16.3. The molecule has 30 heavy (non-hydrogen) atoms. The molecule has 9 nitrogen and oxygen atoms in total. The number of primary amides is 1. The molecule has 1 saturated heterocycles. The molecule has 0 aliphatic carbocycles. The highest BCUT2D eigenvalue weighted by Crippen LogP contribution is 2.39. The molecular weight excluding hydrogens is 402 g/mol. The number of anilines is 1. The van der Waals surface area contributed by atoms with Crippen LogP contribution in [0.15, 0.2) is 18.2 Å². The van der Waals surface area contributed by atoms with Crippen LogP contribution in [0, 0.1) is 6.92 Å². The van der Waals surface area contributed by atoms with E-state index in [1.807, 2.05) is 4.57 Å². The van der Waals surface area contributed by atoms with Crippen molar-refractivity contribution in [1.82, 2.24) is 9.55 Å². The summed E-state index contributed by atoms with van der Waals surface area (Å²) in [5.41, 5.74) is 6.38. The summed E-state index contributed by atoms with van der Waals surface area (Å²) in [5, 5.41) is 0. The molecule has 11 heteroatoms. The van der Waals surface area contributed by atoms with Crippen LogP contribution in [0.1, 0.15) is 12.6 Å². The van der Waals surface area contributed by atoms with Crippen molar-refractivity contribution in [2.75, 3.05) is 18.1 Å². The first-order valence-corrected chi connectivity index (χ1v) is 9.32. The number of carbonyl (C=O) groups is 2. The van der Waals surface area contributed by atoms with Crippen molar-refractivity contribution in [3.63, 3.8) is 0 Å². The summed E-state index contributed by atoms with van der Waals surface area (Å²) in [6.07, 6.45) is -4.44. The van der Waals surface area contributed by atoms with Crippen LogP contribution in [0.5, 0.6) is 11.5 Å². The van der Waals surface area contributed by atoms with Gasteiger partial charge in [0.15, 0.2) is 11.9 Å². The molecule has 0 spiro atoms. The van der Waals surface area contributed by atoms with Crippen molar-refractivity contribution >= 4 is 17.8 Å². The van der Waals surface area contributed by atoms with Crippen molar-refractivity contribution in [3.8, 4) is 22.9 Å². The van der Waals surface area contributed by atoms with Crippen molar-refractivity contribution in [1.29, 1.82) is 0 Å². The molecule has 1 fully saturated rings. The Bertz CT molecular complexity index is 1010. The highest BCUT2D eigenvalue weighted by atomic mass is 19.3. The summed E-state index contributed by atoms with van der Waals surface area (Å²) in [6, 6.07) is 3.54. The van der Waals surface area contributed by atoms with Crippen LogP contribution in [-0.2, 0) is 16.1 Å². The maximum atomic E-state index is 13.4. The van der Waals surface area contributed by atoms with Gasteiger partial charge in [-0.2, -0.15) is 0 Å². The molecule has 2 atom stereocenters. The van der Waals surface area contributed by atoms with Gasteiger partial charge >= 0.3 is 6.09 Å². The van der Waals surface area contributed by atoms with Crippen molar-refractivity contribution in [2.45, 2.75) is 39.0 Å². The average molecular weight is 422 g/mol. The summed E-state index contributed by atoms with van der Waals surface area (Å²) in [4.78, 5) is 28.8. The Labute approximate surface area is 170 Å². The quantitative estimate of drug-likeness (QED) is 0.790. The minimum atomic E-state index is -2.76. The number of ether oxygens (including phenoxy) is 3. The number of nitrogens with two attached hydrogens (primary N) is 1. The molecule has 4 rings (SSSR count). The molecule has 160 valence electrons. The topological polar surface area (TPSA) is 109 Å². The number of carbonyl (C=O) groups excluding carboxylic acids is 2. The highest BCUT2D eigenvalue weighted by Gasteiger charge is 2.43. The van der Waals surface area contributed by atoms with Gasteiger partial charge in [-0.05, 0) is 26.0 Å². The van der Waals surface area contributed by atoms with Crippen LogP contribution < -0.4 is 20.1 Å². The molecule has 0 saturated carbocycles. The third-order valence-corrected chi connectivity index (χ3v) is 5.10. The Balaban J connectivity index is 1.74. The molecule has 0 bridgehead atoms. The first-order chi connectivity index (χ1) is 14.3. The first-order valence-electron chi connectivity index (χ1n) is 9.32. The Hall–Kier alpha value is -3.37. The Morgan fingerprint density at radius 2 is 2.13 bits per heavy atom. The van der Waals surface area contributed by atoms with Gasteiger partial charge < -0.3 is 24.5 Å². The predicted molar refractivity (Wildman–Crippen MR) is 101 cm³/mol. The fraction of sp³-hybridized carbons (Fsp3) is 0.421. The first kappa shape index (κ1) is 19.9. The third kappa shape index (κ3) is 3.29. The monoisotopic (exact) mass is 422 g/mol. The van der Waals surface area contributed by atoms with Crippen molar-refractivity contribution in [3.05, 3.63) is 23.9 Å². The molecular formula is C19H20F2N4O5. The van der Waals surface area contributed by atoms with Crippen LogP contribution in [0.3, 0.4) is 0 Å². The van der Waals surface area contributed by atoms with Gasteiger partial charge in [-0.3, -0.25) is 4.79 Å². The molecule has 1 aromatic heterocycles. The van der Waals surface area contributed by atoms with E-state index < -0.39 is 37.2 Å². The summed E-state index contributed by atoms with van der Waals surface area (Å²) in [6.45, 7) is 3.53. The molecule has 0 radical (unpaired) electrons. The van der Waals surface area contributed by atoms with E-state index in [1.54, 1.807) is 25.1 Å². The van der Waals surface area contributed by atoms with Gasteiger partial charge in [0.05, 0.1) is 17.8 Å². The SMILES string of the molecule is Cc1c(N2C(=O)OCC2C(F)F)nc2n1CCOc1cc(O[C@@H](C)C(N)=O)ccc1-2. The average Bonchev–Trinajstić information content (AvgIpc) is 3.16. The fourth-order valence-corrected chi connectivity index (χ4v) is 3.48. The molecule has 1 unspecified atom stereocenters. The lowest BCUT2D eigenvalue weighted by atomic mass is 10.1. The number of benzene rings is 1. The number of hydrogen-bond donors (Lipinski definition) is 1. The zero-order valence-corrected chi connectivity index (χ0v) is 16.3. The van der Waals surface area contributed by atoms with E-state index in [1.165, 1.54) is 6.92 Å². The third-order valence-electron chi connectivity index (χ3n) is 5.10. The zero-order chi connectivity index (χ0) is 21.6. The molecule has 2 N–H and O–H groups in total. The number of hydrogen-bond acceptors (Lipinski definition) is 6. The molecule has 2 amide bonds. The van der Waals surface area contributed by atoms with Crippen LogP contribution in [0.4, 0.5) is 19.4 Å². The summed E-state index contributed by atoms with van der Waals surface area (Å²) >= 11 is 0. The van der Waals surface area contributed by atoms with E-state index in [0.717, 1.165) is 4.90 Å². The van der Waals surface area contributed by atoms with Crippen LogP contribution in [0.2, 0.25) is 0 Å². The van der Waals surface area contributed by atoms with Crippen molar-refractivity contribution in [2.24, 2.45) is 5.73 Å². The maximum Gasteiger partial charge on any atom is 0.416 e. The number of alkyl halides is 2. The smallest absolute Gasteiger partial charge is 0.416 e. The van der Waals surface area contributed by atoms with Crippen molar-refractivity contribution < 1.29 is 32.6 Å². The second-order valence-electron chi connectivity index (χ2n) is 7.01. The summed E-state index contributed by atoms with van der Waals surface area (Å²) < 4.78 is 44.7. The normalized spacial score (nSPS) is 18.9. The standard InChI is InChI=1S/C19H20F2N4O5/c1-9-17(25-13(15(20)21)8-29-19(25)27)23-18-12-4-3-11(30-10(2)16(22)26)7-14(12)28-6-5-24(9)18/h3-4,7,10,13,15H,5-6,8H2,1-2H3,(H2,22,26)/t10-,13?/m0/s1. The lowest BCUT2D eigenvalue weighted by molar-refractivity contribution is -0.123. The Morgan fingerprint density at radius 3 is 2.83 bits per heavy atom. The number of imidazole rings is 1. The van der Waals surface area contributed by atoms with E-state index in [4.69, 9.17) is 19.9 Å². The van der Waals surface area contributed by atoms with Gasteiger partial charge in [0.2, 0.25) is 0 Å². The number of nitrogens with zero attached hydrogens (tertiary/aromatic N) is 3. The summed E-state index contributed by atoms with van der Waals surface area (Å²) in [7, 11) is 0. The molecule has 2 aliphatic rings. The van der Waals surface area contributed by atoms with E-state index in [2.05, 4.69) is 4.98 Å². The minimum Gasteiger partial charge on any atom is -0.491 e. The van der Waals surface area contributed by atoms with Gasteiger partial charge in [0.25, 0.3) is 12.3 Å². The van der Waals surface area contributed by atoms with Gasteiger partial charge in [-0.1, -0.05) is 0 Å². The second kappa shape index (κ2) is 7.47. The highest BCUT2D eigenvalue weighted by molar-refractivity contribution is 5.90. The molecule has 3 heterocycles. The van der Waals surface area contributed by atoms with Crippen LogP contribution >= 0.6 is 0 Å². The van der Waals surface area contributed by atoms with E-state index in [0.29, 0.717) is 35.1 Å². The summed E-state index contributed by atoms with van der Waals surface area (Å²) in [5.74, 6) is 0.838. The number of halogens is 2. The molecule has 2 aromatic rings. The van der Waals surface area contributed by atoms with E-state index in [9.17, 15) is 18.4 Å². The second-order valence-corrected chi connectivity index (χ2v) is 7.01. The van der Waals surface area contributed by atoms with Gasteiger partial charge in [0, 0.05) is 6.07 Å². The van der Waals surface area contributed by atoms with Crippen LogP contribution in [0.25, 0.3) is 11.4 Å². The van der Waals surface area contributed by atoms with Gasteiger partial charge in [-0.15, -0.1) is 0 Å². The molecule has 1 aromatic carbocycles. The number of fused-ring (bicyclic) bond motifs is 3. The number of aromatic nitrogens is 2. The predicted octanol–water partition coefficient (Wildman–Crippen LogP) is 2.09. The Morgan fingerprint density at radius 1 is 1.37 bits per heavy atom. The van der Waals surface area contributed by atoms with Gasteiger partial charge in [-0.25, -0.2) is 23.5 Å². The number of rotatable bonds is 5. The fourth-order valence-electron chi connectivity index (χ4n) is 3.48.